The molecule has 2 heteroatoms. The van der Waals surface area contributed by atoms with Gasteiger partial charge in [0.05, 0.1) is 0 Å². The van der Waals surface area contributed by atoms with Crippen molar-refractivity contribution in [3.05, 3.63) is 34.9 Å². The Bertz CT molecular complexity index is 281. The second-order valence-electron chi connectivity index (χ2n) is 2.66. The zero-order chi connectivity index (χ0) is 8.97. The van der Waals surface area contributed by atoms with Gasteiger partial charge in [0, 0.05) is 12.1 Å². The van der Waals surface area contributed by atoms with Crippen LogP contribution in [0.4, 0.5) is 0 Å². The summed E-state index contributed by atoms with van der Waals surface area (Å²) in [5.74, 6) is 0. The molecule has 0 atom stereocenters. The van der Waals surface area contributed by atoms with Crippen LogP contribution in [0, 0.1) is 0 Å². The molecular formula is C10H13NO. The van der Waals surface area contributed by atoms with E-state index in [1.165, 1.54) is 0 Å². The van der Waals surface area contributed by atoms with Crippen LogP contribution in [0.25, 0.3) is 0 Å². The molecule has 0 spiro atoms. The first-order chi connectivity index (χ1) is 5.83. The topological polar surface area (TPSA) is 43.1 Å². The molecule has 0 saturated carbocycles. The van der Waals surface area contributed by atoms with E-state index in [0.717, 1.165) is 29.4 Å². The molecular weight excluding hydrogens is 150 g/mol. The van der Waals surface area contributed by atoms with E-state index >= 15 is 0 Å². The molecule has 0 bridgehead atoms. The summed E-state index contributed by atoms with van der Waals surface area (Å²) in [5, 5.41) is 0. The SMILES string of the molecule is CCc1c(C=O)cccc1CN. The summed E-state index contributed by atoms with van der Waals surface area (Å²) >= 11 is 0. The summed E-state index contributed by atoms with van der Waals surface area (Å²) < 4.78 is 0. The van der Waals surface area contributed by atoms with Crippen LogP contribution in [-0.4, -0.2) is 6.29 Å². The lowest BCUT2D eigenvalue weighted by Crippen LogP contribution is -2.03. The minimum atomic E-state index is 0.505. The second kappa shape index (κ2) is 4.02. The Morgan fingerprint density at radius 3 is 2.75 bits per heavy atom. The lowest BCUT2D eigenvalue weighted by Gasteiger charge is -2.06. The normalized spacial score (nSPS) is 9.83. The molecule has 0 aliphatic rings. The van der Waals surface area contributed by atoms with E-state index in [4.69, 9.17) is 5.73 Å². The lowest BCUT2D eigenvalue weighted by molar-refractivity contribution is 0.112. The monoisotopic (exact) mass is 163 g/mol. The molecule has 0 heterocycles. The fraction of sp³-hybridized carbons (Fsp3) is 0.300. The van der Waals surface area contributed by atoms with E-state index in [9.17, 15) is 4.79 Å². The molecule has 0 aliphatic carbocycles. The Labute approximate surface area is 72.4 Å². The standard InChI is InChI=1S/C10H13NO/c1-2-10-8(6-11)4-3-5-9(10)7-12/h3-5,7H,2,6,11H2,1H3. The molecule has 2 nitrogen and oxygen atoms in total. The molecule has 1 rings (SSSR count). The molecule has 0 aliphatic heterocycles. The summed E-state index contributed by atoms with van der Waals surface area (Å²) in [6.07, 6.45) is 1.75. The van der Waals surface area contributed by atoms with Gasteiger partial charge in [-0.2, -0.15) is 0 Å². The highest BCUT2D eigenvalue weighted by Crippen LogP contribution is 2.13. The zero-order valence-electron chi connectivity index (χ0n) is 7.21. The van der Waals surface area contributed by atoms with Gasteiger partial charge in [0.25, 0.3) is 0 Å². The first-order valence-corrected chi connectivity index (χ1v) is 4.09. The number of hydrogen-bond acceptors (Lipinski definition) is 2. The highest BCUT2D eigenvalue weighted by molar-refractivity contribution is 5.77. The van der Waals surface area contributed by atoms with Crippen LogP contribution in [-0.2, 0) is 13.0 Å². The van der Waals surface area contributed by atoms with Crippen molar-refractivity contribution in [1.29, 1.82) is 0 Å². The average molecular weight is 163 g/mol. The predicted octanol–water partition coefficient (Wildman–Crippen LogP) is 1.52. The highest BCUT2D eigenvalue weighted by Gasteiger charge is 2.03. The summed E-state index contributed by atoms with van der Waals surface area (Å²) in [6, 6.07) is 5.65. The molecule has 0 fully saturated rings. The third-order valence-corrected chi connectivity index (χ3v) is 2.01. The molecule has 64 valence electrons. The number of hydrogen-bond donors (Lipinski definition) is 1. The second-order valence-corrected chi connectivity index (χ2v) is 2.66. The van der Waals surface area contributed by atoms with Crippen molar-refractivity contribution in [2.45, 2.75) is 19.9 Å². The van der Waals surface area contributed by atoms with Crippen LogP contribution in [0.1, 0.15) is 28.4 Å². The van der Waals surface area contributed by atoms with Crippen LogP contribution < -0.4 is 5.73 Å². The minimum absolute atomic E-state index is 0.505. The van der Waals surface area contributed by atoms with E-state index in [-0.39, 0.29) is 0 Å². The Kier molecular flexibility index (Phi) is 3.00. The van der Waals surface area contributed by atoms with Crippen molar-refractivity contribution >= 4 is 6.29 Å². The van der Waals surface area contributed by atoms with Gasteiger partial charge in [0.1, 0.15) is 6.29 Å². The Morgan fingerprint density at radius 2 is 2.25 bits per heavy atom. The van der Waals surface area contributed by atoms with Gasteiger partial charge in [-0.3, -0.25) is 4.79 Å². The Hall–Kier alpha value is -1.15. The van der Waals surface area contributed by atoms with E-state index < -0.39 is 0 Å². The van der Waals surface area contributed by atoms with Gasteiger partial charge in [-0.1, -0.05) is 25.1 Å². The molecule has 12 heavy (non-hydrogen) atoms. The van der Waals surface area contributed by atoms with Crippen molar-refractivity contribution in [2.75, 3.05) is 0 Å². The van der Waals surface area contributed by atoms with Gasteiger partial charge < -0.3 is 5.73 Å². The number of carbonyl (C=O) groups is 1. The van der Waals surface area contributed by atoms with E-state index in [1.54, 1.807) is 0 Å². The molecule has 0 amide bonds. The van der Waals surface area contributed by atoms with Crippen molar-refractivity contribution in [3.63, 3.8) is 0 Å². The average Bonchev–Trinajstić information content (AvgIpc) is 2.16. The number of nitrogens with two attached hydrogens (primary N) is 1. The fourth-order valence-corrected chi connectivity index (χ4v) is 1.39. The summed E-state index contributed by atoms with van der Waals surface area (Å²) in [4.78, 5) is 10.6. The third kappa shape index (κ3) is 1.53. The first kappa shape index (κ1) is 8.94. The van der Waals surface area contributed by atoms with Crippen LogP contribution in [0.5, 0.6) is 0 Å². The first-order valence-electron chi connectivity index (χ1n) is 4.09. The lowest BCUT2D eigenvalue weighted by atomic mass is 10.00. The molecule has 0 aromatic heterocycles. The number of rotatable bonds is 3. The minimum Gasteiger partial charge on any atom is -0.326 e. The van der Waals surface area contributed by atoms with Gasteiger partial charge in [-0.05, 0) is 17.5 Å². The van der Waals surface area contributed by atoms with Crippen LogP contribution in [0.2, 0.25) is 0 Å². The number of carbonyl (C=O) groups excluding carboxylic acids is 1. The summed E-state index contributed by atoms with van der Waals surface area (Å²) in [7, 11) is 0. The zero-order valence-corrected chi connectivity index (χ0v) is 7.21. The van der Waals surface area contributed by atoms with Crippen LogP contribution in [0.15, 0.2) is 18.2 Å². The number of benzene rings is 1. The smallest absolute Gasteiger partial charge is 0.150 e. The summed E-state index contributed by atoms with van der Waals surface area (Å²) in [5.41, 5.74) is 8.45. The van der Waals surface area contributed by atoms with Crippen molar-refractivity contribution < 1.29 is 4.79 Å². The van der Waals surface area contributed by atoms with Crippen molar-refractivity contribution in [1.82, 2.24) is 0 Å². The molecule has 0 unspecified atom stereocenters. The molecule has 2 N–H and O–H groups in total. The number of aldehydes is 1. The molecule has 0 radical (unpaired) electrons. The van der Waals surface area contributed by atoms with Gasteiger partial charge >= 0.3 is 0 Å². The quantitative estimate of drug-likeness (QED) is 0.686. The Balaban J connectivity index is 3.21. The highest BCUT2D eigenvalue weighted by atomic mass is 16.1. The van der Waals surface area contributed by atoms with E-state index in [0.29, 0.717) is 6.54 Å². The molecule has 1 aromatic rings. The third-order valence-electron chi connectivity index (χ3n) is 2.01. The van der Waals surface area contributed by atoms with Crippen LogP contribution in [0.3, 0.4) is 0 Å². The largest absolute Gasteiger partial charge is 0.326 e. The predicted molar refractivity (Wildman–Crippen MR) is 49.1 cm³/mol. The van der Waals surface area contributed by atoms with Gasteiger partial charge in [0.15, 0.2) is 0 Å². The van der Waals surface area contributed by atoms with Crippen LogP contribution >= 0.6 is 0 Å². The Morgan fingerprint density at radius 1 is 1.50 bits per heavy atom. The maximum Gasteiger partial charge on any atom is 0.150 e. The van der Waals surface area contributed by atoms with Gasteiger partial charge in [-0.15, -0.1) is 0 Å². The van der Waals surface area contributed by atoms with E-state index in [2.05, 4.69) is 0 Å². The molecule has 1 aromatic carbocycles. The van der Waals surface area contributed by atoms with E-state index in [1.807, 2.05) is 25.1 Å². The summed E-state index contributed by atoms with van der Waals surface area (Å²) in [6.45, 7) is 2.53. The fourth-order valence-electron chi connectivity index (χ4n) is 1.39. The maximum absolute atomic E-state index is 10.6. The van der Waals surface area contributed by atoms with Crippen molar-refractivity contribution in [3.8, 4) is 0 Å². The van der Waals surface area contributed by atoms with Gasteiger partial charge in [0.2, 0.25) is 0 Å². The van der Waals surface area contributed by atoms with Gasteiger partial charge in [-0.25, -0.2) is 0 Å². The van der Waals surface area contributed by atoms with Crippen molar-refractivity contribution in [2.24, 2.45) is 5.73 Å². The molecule has 0 saturated heterocycles. The maximum atomic E-state index is 10.6.